The Morgan fingerprint density at radius 1 is 1.11 bits per heavy atom. The summed E-state index contributed by atoms with van der Waals surface area (Å²) in [5.74, 6) is 0.690. The van der Waals surface area contributed by atoms with Crippen LogP contribution in [0.5, 0.6) is 11.5 Å². The number of H-pyrrole nitrogens is 1. The Morgan fingerprint density at radius 2 is 1.89 bits per heavy atom. The summed E-state index contributed by atoms with van der Waals surface area (Å²) < 4.78 is 4.41. The molecule has 0 bridgehead atoms. The van der Waals surface area contributed by atoms with E-state index in [2.05, 4.69) is 39.0 Å². The molecule has 0 aliphatic heterocycles. The first-order valence-corrected chi connectivity index (χ1v) is 9.51. The SMILES string of the molecule is CC(C)c1cc(-c2n[nH]c(=S)n2Cc2ccc3c(ccn3C)c2)c(O)cc1O. The van der Waals surface area contributed by atoms with Crippen LogP contribution in [0.15, 0.2) is 42.6 Å². The van der Waals surface area contributed by atoms with Gasteiger partial charge < -0.3 is 14.8 Å². The van der Waals surface area contributed by atoms with Gasteiger partial charge in [0, 0.05) is 24.8 Å². The van der Waals surface area contributed by atoms with Gasteiger partial charge in [0.05, 0.1) is 12.1 Å². The van der Waals surface area contributed by atoms with E-state index in [-0.39, 0.29) is 17.4 Å². The molecule has 4 rings (SSSR count). The number of nitrogens with one attached hydrogen (secondary N) is 1. The van der Waals surface area contributed by atoms with Gasteiger partial charge in [0.25, 0.3) is 0 Å². The standard InChI is InChI=1S/C21H22N4O2S/c1-12(2)15-9-16(19(27)10-18(15)26)20-22-23-21(28)25(20)11-13-4-5-17-14(8-13)6-7-24(17)3/h4-10,12,26-27H,11H2,1-3H3,(H,23,28). The van der Waals surface area contributed by atoms with E-state index in [1.54, 1.807) is 6.07 Å². The van der Waals surface area contributed by atoms with Gasteiger partial charge in [-0.05, 0) is 58.9 Å². The summed E-state index contributed by atoms with van der Waals surface area (Å²) in [5.41, 5.74) is 3.53. The molecule has 0 fully saturated rings. The van der Waals surface area contributed by atoms with Gasteiger partial charge in [-0.3, -0.25) is 9.67 Å². The van der Waals surface area contributed by atoms with E-state index in [1.165, 1.54) is 6.07 Å². The van der Waals surface area contributed by atoms with Gasteiger partial charge in [-0.2, -0.15) is 5.10 Å². The lowest BCUT2D eigenvalue weighted by Crippen LogP contribution is -2.03. The third-order valence-corrected chi connectivity index (χ3v) is 5.37. The summed E-state index contributed by atoms with van der Waals surface area (Å²) in [5, 5.41) is 28.9. The second-order valence-corrected chi connectivity index (χ2v) is 7.73. The lowest BCUT2D eigenvalue weighted by atomic mass is 9.98. The van der Waals surface area contributed by atoms with Crippen LogP contribution in [0.1, 0.15) is 30.9 Å². The molecule has 0 unspecified atom stereocenters. The largest absolute Gasteiger partial charge is 0.508 e. The number of hydrogen-bond donors (Lipinski definition) is 3. The summed E-state index contributed by atoms with van der Waals surface area (Å²) in [6.07, 6.45) is 2.03. The molecular formula is C21H22N4O2S. The molecule has 0 aliphatic carbocycles. The highest BCUT2D eigenvalue weighted by atomic mass is 32.1. The molecule has 7 heteroatoms. The second-order valence-electron chi connectivity index (χ2n) is 7.34. The molecule has 2 heterocycles. The quantitative estimate of drug-likeness (QED) is 0.439. The number of phenolic OH excluding ortho intramolecular Hbond substituents is 2. The summed E-state index contributed by atoms with van der Waals surface area (Å²) in [4.78, 5) is 0. The molecule has 0 saturated carbocycles. The Balaban J connectivity index is 1.79. The van der Waals surface area contributed by atoms with Crippen molar-refractivity contribution in [1.82, 2.24) is 19.3 Å². The van der Waals surface area contributed by atoms with Crippen LogP contribution in [-0.2, 0) is 13.6 Å². The van der Waals surface area contributed by atoms with Crippen molar-refractivity contribution >= 4 is 23.1 Å². The van der Waals surface area contributed by atoms with Crippen LogP contribution >= 0.6 is 12.2 Å². The molecule has 6 nitrogen and oxygen atoms in total. The van der Waals surface area contributed by atoms with Crippen molar-refractivity contribution in [2.24, 2.45) is 7.05 Å². The molecule has 0 saturated heterocycles. The maximum atomic E-state index is 10.4. The Kier molecular flexibility index (Phi) is 4.47. The van der Waals surface area contributed by atoms with Crippen molar-refractivity contribution in [3.63, 3.8) is 0 Å². The number of fused-ring (bicyclic) bond motifs is 1. The highest BCUT2D eigenvalue weighted by Gasteiger charge is 2.18. The molecule has 0 amide bonds. The molecule has 2 aromatic heterocycles. The Labute approximate surface area is 167 Å². The maximum Gasteiger partial charge on any atom is 0.195 e. The number of phenols is 2. The number of aromatic hydroxyl groups is 2. The minimum Gasteiger partial charge on any atom is -0.508 e. The van der Waals surface area contributed by atoms with Crippen LogP contribution in [-0.4, -0.2) is 29.5 Å². The minimum atomic E-state index is -0.0318. The van der Waals surface area contributed by atoms with Crippen molar-refractivity contribution < 1.29 is 10.2 Å². The summed E-state index contributed by atoms with van der Waals surface area (Å²) in [6.45, 7) is 4.50. The zero-order valence-corrected chi connectivity index (χ0v) is 16.8. The number of aromatic nitrogens is 4. The highest BCUT2D eigenvalue weighted by Crippen LogP contribution is 2.37. The molecule has 0 aliphatic rings. The van der Waals surface area contributed by atoms with Crippen LogP contribution in [0.25, 0.3) is 22.3 Å². The summed E-state index contributed by atoms with van der Waals surface area (Å²) in [6, 6.07) is 11.5. The van der Waals surface area contributed by atoms with E-state index in [1.807, 2.05) is 31.7 Å². The van der Waals surface area contributed by atoms with E-state index in [0.717, 1.165) is 22.0 Å². The monoisotopic (exact) mass is 394 g/mol. The van der Waals surface area contributed by atoms with Crippen LogP contribution < -0.4 is 0 Å². The zero-order valence-electron chi connectivity index (χ0n) is 16.0. The van der Waals surface area contributed by atoms with E-state index >= 15 is 0 Å². The van der Waals surface area contributed by atoms with E-state index in [9.17, 15) is 10.2 Å². The molecule has 3 N–H and O–H groups in total. The van der Waals surface area contributed by atoms with Crippen molar-refractivity contribution in [2.75, 3.05) is 0 Å². The first-order chi connectivity index (χ1) is 13.3. The number of benzene rings is 2. The van der Waals surface area contributed by atoms with Gasteiger partial charge >= 0.3 is 0 Å². The summed E-state index contributed by atoms with van der Waals surface area (Å²) in [7, 11) is 2.02. The number of nitrogens with zero attached hydrogens (tertiary/aromatic N) is 3. The average molecular weight is 395 g/mol. The molecule has 4 aromatic rings. The van der Waals surface area contributed by atoms with Crippen molar-refractivity contribution in [2.45, 2.75) is 26.3 Å². The lowest BCUT2D eigenvalue weighted by Gasteiger charge is -2.13. The molecule has 0 atom stereocenters. The van der Waals surface area contributed by atoms with Gasteiger partial charge in [-0.25, -0.2) is 0 Å². The number of rotatable bonds is 4. The predicted molar refractivity (Wildman–Crippen MR) is 112 cm³/mol. The van der Waals surface area contributed by atoms with Gasteiger partial charge in [0.15, 0.2) is 10.6 Å². The number of aromatic amines is 1. The Morgan fingerprint density at radius 3 is 2.64 bits per heavy atom. The van der Waals surface area contributed by atoms with Gasteiger partial charge in [0.2, 0.25) is 0 Å². The molecule has 0 spiro atoms. The highest BCUT2D eigenvalue weighted by molar-refractivity contribution is 7.71. The molecule has 0 radical (unpaired) electrons. The van der Waals surface area contributed by atoms with E-state index in [0.29, 0.717) is 22.7 Å². The van der Waals surface area contributed by atoms with Crippen LogP contribution in [0.2, 0.25) is 0 Å². The second kappa shape index (κ2) is 6.83. The third kappa shape index (κ3) is 3.07. The molecule has 28 heavy (non-hydrogen) atoms. The van der Waals surface area contributed by atoms with Crippen molar-refractivity contribution in [3.8, 4) is 22.9 Å². The molecule has 144 valence electrons. The van der Waals surface area contributed by atoms with Gasteiger partial charge in [0.1, 0.15) is 11.5 Å². The third-order valence-electron chi connectivity index (χ3n) is 5.06. The average Bonchev–Trinajstić information content (AvgIpc) is 3.18. The fourth-order valence-electron chi connectivity index (χ4n) is 3.52. The number of hydrogen-bond acceptors (Lipinski definition) is 4. The lowest BCUT2D eigenvalue weighted by molar-refractivity contribution is 0.444. The first kappa shape index (κ1) is 18.3. The molecular weight excluding hydrogens is 372 g/mol. The Hall–Kier alpha value is -3.06. The maximum absolute atomic E-state index is 10.4. The minimum absolute atomic E-state index is 0.0318. The van der Waals surface area contributed by atoms with E-state index in [4.69, 9.17) is 12.2 Å². The Bertz CT molecular complexity index is 1230. The van der Waals surface area contributed by atoms with Crippen LogP contribution in [0, 0.1) is 4.77 Å². The van der Waals surface area contributed by atoms with E-state index < -0.39 is 0 Å². The van der Waals surface area contributed by atoms with Crippen molar-refractivity contribution in [1.29, 1.82) is 0 Å². The fraction of sp³-hybridized carbons (Fsp3) is 0.238. The van der Waals surface area contributed by atoms with Gasteiger partial charge in [-0.1, -0.05) is 19.9 Å². The van der Waals surface area contributed by atoms with Crippen molar-refractivity contribution in [3.05, 3.63) is 58.5 Å². The number of aryl methyl sites for hydroxylation is 1. The zero-order chi connectivity index (χ0) is 20.0. The topological polar surface area (TPSA) is 79.0 Å². The summed E-state index contributed by atoms with van der Waals surface area (Å²) >= 11 is 5.44. The van der Waals surface area contributed by atoms with Crippen LogP contribution in [0.4, 0.5) is 0 Å². The first-order valence-electron chi connectivity index (χ1n) is 9.10. The van der Waals surface area contributed by atoms with Crippen LogP contribution in [0.3, 0.4) is 0 Å². The normalized spacial score (nSPS) is 11.6. The smallest absolute Gasteiger partial charge is 0.195 e. The molecule has 2 aromatic carbocycles. The fourth-order valence-corrected chi connectivity index (χ4v) is 3.71. The van der Waals surface area contributed by atoms with Gasteiger partial charge in [-0.15, -0.1) is 0 Å². The predicted octanol–water partition coefficient (Wildman–Crippen LogP) is 4.68.